The van der Waals surface area contributed by atoms with Gasteiger partial charge in [0.25, 0.3) is 5.91 Å². The fourth-order valence-electron chi connectivity index (χ4n) is 4.61. The van der Waals surface area contributed by atoms with E-state index in [1.165, 1.54) is 31.4 Å². The lowest BCUT2D eigenvalue weighted by atomic mass is 10.1. The maximum Gasteiger partial charge on any atom is 0.257 e. The molecule has 0 aliphatic carbocycles. The topological polar surface area (TPSA) is 41.4 Å². The zero-order valence-corrected chi connectivity index (χ0v) is 20.4. The molecule has 186 valence electrons. The molecule has 0 bridgehead atoms. The number of carbonyl (C=O) groups is 1. The lowest BCUT2D eigenvalue weighted by Gasteiger charge is -2.25. The molecule has 0 radical (unpaired) electrons. The summed E-state index contributed by atoms with van der Waals surface area (Å²) in [5.74, 6) is -1.91. The molecule has 0 spiro atoms. The molecular formula is C28H34F2N4O. The summed E-state index contributed by atoms with van der Waals surface area (Å²) in [5, 5.41) is 0. The molecule has 1 fully saturated rings. The number of likely N-dealkylation sites (tertiary alicyclic amines) is 1. The first-order valence-corrected chi connectivity index (χ1v) is 12.6. The monoisotopic (exact) mass is 480 g/mol. The predicted molar refractivity (Wildman–Crippen MR) is 135 cm³/mol. The number of para-hydroxylation sites is 2. The van der Waals surface area contributed by atoms with Crippen LogP contribution in [0.3, 0.4) is 0 Å². The van der Waals surface area contributed by atoms with Crippen molar-refractivity contribution in [1.82, 2.24) is 19.4 Å². The van der Waals surface area contributed by atoms with Crippen LogP contribution in [0.4, 0.5) is 8.78 Å². The van der Waals surface area contributed by atoms with Crippen molar-refractivity contribution < 1.29 is 13.6 Å². The molecular weight excluding hydrogens is 446 g/mol. The number of piperidine rings is 1. The van der Waals surface area contributed by atoms with Gasteiger partial charge in [-0.3, -0.25) is 9.69 Å². The Bertz CT molecular complexity index is 1170. The van der Waals surface area contributed by atoms with Gasteiger partial charge in [0.15, 0.2) is 11.6 Å². The second kappa shape index (κ2) is 12.1. The van der Waals surface area contributed by atoms with Crippen molar-refractivity contribution in [1.29, 1.82) is 0 Å². The highest BCUT2D eigenvalue weighted by Gasteiger charge is 2.23. The van der Waals surface area contributed by atoms with E-state index in [0.29, 0.717) is 13.1 Å². The van der Waals surface area contributed by atoms with Crippen LogP contribution >= 0.6 is 0 Å². The van der Waals surface area contributed by atoms with Crippen LogP contribution in [0.5, 0.6) is 0 Å². The number of unbranched alkanes of at least 4 members (excludes halogenated alkanes) is 1. The van der Waals surface area contributed by atoms with Gasteiger partial charge in [0, 0.05) is 19.6 Å². The summed E-state index contributed by atoms with van der Waals surface area (Å²) < 4.78 is 30.3. The molecule has 5 nitrogen and oxygen atoms in total. The largest absolute Gasteiger partial charge is 0.331 e. The van der Waals surface area contributed by atoms with Crippen LogP contribution in [-0.2, 0) is 13.1 Å². The third-order valence-corrected chi connectivity index (χ3v) is 6.58. The van der Waals surface area contributed by atoms with Crippen molar-refractivity contribution >= 4 is 16.9 Å². The molecule has 1 amide bonds. The van der Waals surface area contributed by atoms with Crippen LogP contribution in [0.1, 0.15) is 55.2 Å². The van der Waals surface area contributed by atoms with E-state index >= 15 is 0 Å². The summed E-state index contributed by atoms with van der Waals surface area (Å²) in [6.07, 6.45) is 9.83. The van der Waals surface area contributed by atoms with Gasteiger partial charge < -0.3 is 9.47 Å². The molecule has 7 heteroatoms. The average Bonchev–Trinajstić information content (AvgIpc) is 3.23. The number of rotatable bonds is 10. The number of carbonyl (C=O) groups excluding carboxylic acids is 1. The van der Waals surface area contributed by atoms with Gasteiger partial charge in [-0.2, -0.15) is 0 Å². The van der Waals surface area contributed by atoms with Crippen molar-refractivity contribution in [2.45, 2.75) is 52.1 Å². The number of imidazole rings is 1. The highest BCUT2D eigenvalue weighted by molar-refractivity contribution is 5.94. The summed E-state index contributed by atoms with van der Waals surface area (Å²) in [6.45, 7) is 6.57. The zero-order valence-electron chi connectivity index (χ0n) is 20.4. The highest BCUT2D eigenvalue weighted by atomic mass is 19.2. The Morgan fingerprint density at radius 1 is 1.03 bits per heavy atom. The number of aromatic nitrogens is 2. The number of amides is 1. The van der Waals surface area contributed by atoms with Crippen molar-refractivity contribution in [3.05, 3.63) is 77.6 Å². The van der Waals surface area contributed by atoms with E-state index in [9.17, 15) is 13.6 Å². The van der Waals surface area contributed by atoms with Crippen LogP contribution in [0.15, 0.2) is 54.6 Å². The Balaban J connectivity index is 1.57. The average molecular weight is 481 g/mol. The first-order valence-electron chi connectivity index (χ1n) is 12.6. The number of hydrogen-bond acceptors (Lipinski definition) is 3. The molecule has 35 heavy (non-hydrogen) atoms. The second-order valence-electron chi connectivity index (χ2n) is 9.14. The highest BCUT2D eigenvalue weighted by Crippen LogP contribution is 2.20. The summed E-state index contributed by atoms with van der Waals surface area (Å²) in [6, 6.07) is 11.6. The molecule has 4 rings (SSSR count). The van der Waals surface area contributed by atoms with Gasteiger partial charge in [0.1, 0.15) is 5.82 Å². The second-order valence-corrected chi connectivity index (χ2v) is 9.14. The molecule has 1 saturated heterocycles. The van der Waals surface area contributed by atoms with Gasteiger partial charge >= 0.3 is 0 Å². The number of hydrogen-bond donors (Lipinski definition) is 0. The SMILES string of the molecule is CCCCN(Cc1nc2ccccc2n1C/C=C/CN1CCCCC1)C(=O)c1cccc(F)c1F. The summed E-state index contributed by atoms with van der Waals surface area (Å²) in [7, 11) is 0. The van der Waals surface area contributed by atoms with Gasteiger partial charge in [-0.25, -0.2) is 13.8 Å². The van der Waals surface area contributed by atoms with Crippen molar-refractivity contribution in [3.8, 4) is 0 Å². The first kappa shape index (κ1) is 25.0. The van der Waals surface area contributed by atoms with Crippen LogP contribution in [-0.4, -0.2) is 51.4 Å². The third-order valence-electron chi connectivity index (χ3n) is 6.58. The molecule has 1 aliphatic rings. The van der Waals surface area contributed by atoms with Crippen LogP contribution in [0.25, 0.3) is 11.0 Å². The number of benzene rings is 2. The molecule has 2 heterocycles. The Morgan fingerprint density at radius 2 is 1.80 bits per heavy atom. The third kappa shape index (κ3) is 6.14. The number of allylic oxidation sites excluding steroid dienone is 1. The Labute approximate surface area is 206 Å². The van der Waals surface area contributed by atoms with E-state index in [2.05, 4.69) is 21.6 Å². The van der Waals surface area contributed by atoms with Gasteiger partial charge in [0.2, 0.25) is 0 Å². The minimum Gasteiger partial charge on any atom is -0.331 e. The Morgan fingerprint density at radius 3 is 2.60 bits per heavy atom. The first-order chi connectivity index (χ1) is 17.1. The molecule has 3 aromatic rings. The van der Waals surface area contributed by atoms with E-state index in [0.717, 1.165) is 55.4 Å². The van der Waals surface area contributed by atoms with Gasteiger partial charge in [-0.05, 0) is 56.6 Å². The van der Waals surface area contributed by atoms with Gasteiger partial charge in [-0.15, -0.1) is 0 Å². The minimum atomic E-state index is -1.10. The summed E-state index contributed by atoms with van der Waals surface area (Å²) in [5.41, 5.74) is 1.60. The standard InChI is InChI=1S/C28H34F2N4O/c1-2-3-19-33(28(35)22-12-11-13-23(29)27(22)30)21-26-31-24-14-5-6-15-25(24)34(26)20-10-9-18-32-16-7-4-8-17-32/h5-6,9-15H,2-4,7-8,16-21H2,1H3/b10-9+. The van der Waals surface area contributed by atoms with Gasteiger partial charge in [-0.1, -0.05) is 50.1 Å². The van der Waals surface area contributed by atoms with Crippen molar-refractivity contribution in [2.24, 2.45) is 0 Å². The predicted octanol–water partition coefficient (Wildman–Crippen LogP) is 5.80. The Hall–Kier alpha value is -3.06. The lowest BCUT2D eigenvalue weighted by molar-refractivity contribution is 0.0729. The molecule has 0 saturated carbocycles. The van der Waals surface area contributed by atoms with E-state index in [1.807, 2.05) is 31.2 Å². The molecule has 0 atom stereocenters. The summed E-state index contributed by atoms with van der Waals surface area (Å²) in [4.78, 5) is 22.1. The Kier molecular flexibility index (Phi) is 8.64. The van der Waals surface area contributed by atoms with Crippen molar-refractivity contribution in [2.75, 3.05) is 26.2 Å². The fraction of sp³-hybridized carbons (Fsp3) is 0.429. The van der Waals surface area contributed by atoms with Crippen molar-refractivity contribution in [3.63, 3.8) is 0 Å². The molecule has 1 aromatic heterocycles. The maximum atomic E-state index is 14.4. The molecule has 0 unspecified atom stereocenters. The fourth-order valence-corrected chi connectivity index (χ4v) is 4.61. The molecule has 2 aromatic carbocycles. The smallest absolute Gasteiger partial charge is 0.257 e. The maximum absolute atomic E-state index is 14.4. The van der Waals surface area contributed by atoms with Gasteiger partial charge in [0.05, 0.1) is 23.1 Å². The lowest BCUT2D eigenvalue weighted by Crippen LogP contribution is -2.33. The van der Waals surface area contributed by atoms with Crippen LogP contribution < -0.4 is 0 Å². The van der Waals surface area contributed by atoms with E-state index < -0.39 is 17.5 Å². The van der Waals surface area contributed by atoms with E-state index in [-0.39, 0.29) is 12.1 Å². The molecule has 0 N–H and O–H groups in total. The number of nitrogens with zero attached hydrogens (tertiary/aromatic N) is 4. The molecule has 1 aliphatic heterocycles. The zero-order chi connectivity index (χ0) is 24.6. The number of halogens is 2. The van der Waals surface area contributed by atoms with E-state index in [4.69, 9.17) is 4.98 Å². The quantitative estimate of drug-likeness (QED) is 0.345. The summed E-state index contributed by atoms with van der Waals surface area (Å²) >= 11 is 0. The van der Waals surface area contributed by atoms with Crippen LogP contribution in [0.2, 0.25) is 0 Å². The normalized spacial score (nSPS) is 14.7. The van der Waals surface area contributed by atoms with E-state index in [1.54, 1.807) is 4.90 Å². The minimum absolute atomic E-state index is 0.226. The van der Waals surface area contributed by atoms with Crippen LogP contribution in [0, 0.1) is 11.6 Å². The number of fused-ring (bicyclic) bond motifs is 1.